The third kappa shape index (κ3) is 14.9. The number of amides is 1. The molecule has 0 aromatic heterocycles. The molecular formula is C47H87N3O14S. The van der Waals surface area contributed by atoms with E-state index in [4.69, 9.17) is 33.2 Å². The second-order valence-corrected chi connectivity index (χ2v) is 23.1. The van der Waals surface area contributed by atoms with Crippen molar-refractivity contribution >= 4 is 29.6 Å². The van der Waals surface area contributed by atoms with Crippen molar-refractivity contribution in [1.82, 2.24) is 15.1 Å². The highest BCUT2D eigenvalue weighted by atomic mass is 32.2. The van der Waals surface area contributed by atoms with Gasteiger partial charge < -0.3 is 68.7 Å². The number of hydrogen-bond acceptors (Lipinski definition) is 17. The van der Waals surface area contributed by atoms with Crippen LogP contribution in [0.2, 0.25) is 0 Å². The number of rotatable bonds is 12. The third-order valence-electron chi connectivity index (χ3n) is 13.8. The maximum atomic E-state index is 14.5. The summed E-state index contributed by atoms with van der Waals surface area (Å²) in [5.74, 6) is -3.72. The van der Waals surface area contributed by atoms with Gasteiger partial charge in [-0.25, -0.2) is 4.79 Å². The Labute approximate surface area is 393 Å². The van der Waals surface area contributed by atoms with Crippen molar-refractivity contribution in [2.45, 2.75) is 224 Å². The molecular weight excluding hydrogens is 863 g/mol. The van der Waals surface area contributed by atoms with Crippen LogP contribution >= 0.6 is 11.8 Å². The van der Waals surface area contributed by atoms with E-state index in [1.54, 1.807) is 48.5 Å². The number of methoxy groups -OCH3 is 1. The maximum Gasteiger partial charge on any atom is 0.330 e. The number of aliphatic hydroxyl groups is 4. The third-order valence-corrected chi connectivity index (χ3v) is 15.1. The van der Waals surface area contributed by atoms with Gasteiger partial charge in [0, 0.05) is 49.5 Å². The van der Waals surface area contributed by atoms with Gasteiger partial charge in [-0.2, -0.15) is 11.8 Å². The predicted octanol–water partition coefficient (Wildman–Crippen LogP) is 3.49. The quantitative estimate of drug-likeness (QED) is 0.177. The summed E-state index contributed by atoms with van der Waals surface area (Å²) in [5.41, 5.74) is -4.62. The van der Waals surface area contributed by atoms with E-state index in [0.717, 1.165) is 0 Å². The molecule has 3 aliphatic heterocycles. The molecule has 0 aromatic carbocycles. The molecule has 0 saturated carbocycles. The van der Waals surface area contributed by atoms with Crippen molar-refractivity contribution < 1.29 is 68.0 Å². The molecule has 0 spiro atoms. The number of carbonyl (C=O) groups excluding carboxylic acids is 3. The Hall–Kier alpha value is -1.68. The Morgan fingerprint density at radius 2 is 1.60 bits per heavy atom. The Balaban J connectivity index is 2.26. The number of aliphatic hydroxyl groups excluding tert-OH is 2. The number of hydrogen-bond donors (Lipinski definition) is 5. The van der Waals surface area contributed by atoms with Gasteiger partial charge in [0.05, 0.1) is 47.6 Å². The van der Waals surface area contributed by atoms with Crippen LogP contribution in [0.5, 0.6) is 0 Å². The molecule has 3 aliphatic rings. The minimum absolute atomic E-state index is 0.0798. The van der Waals surface area contributed by atoms with Gasteiger partial charge in [0.15, 0.2) is 18.7 Å². The zero-order chi connectivity index (χ0) is 49.7. The lowest BCUT2D eigenvalue weighted by molar-refractivity contribution is -0.319. The number of thioether (sulfide) groups is 1. The number of esters is 2. The molecule has 3 saturated heterocycles. The summed E-state index contributed by atoms with van der Waals surface area (Å²) in [6.45, 7) is 25.2. The van der Waals surface area contributed by atoms with E-state index < -0.39 is 114 Å². The maximum absolute atomic E-state index is 14.5. The first-order chi connectivity index (χ1) is 29.8. The average molecular weight is 950 g/mol. The largest absolute Gasteiger partial charge is 0.459 e. The molecule has 380 valence electrons. The average Bonchev–Trinajstić information content (AvgIpc) is 3.19. The van der Waals surface area contributed by atoms with Crippen LogP contribution in [0, 0.1) is 17.8 Å². The van der Waals surface area contributed by atoms with E-state index in [9.17, 15) is 34.8 Å². The van der Waals surface area contributed by atoms with Crippen molar-refractivity contribution in [2.24, 2.45) is 17.8 Å². The normalized spacial score (nSPS) is 42.6. The lowest BCUT2D eigenvalue weighted by atomic mass is 9.77. The molecule has 17 nitrogen and oxygen atoms in total. The van der Waals surface area contributed by atoms with Crippen molar-refractivity contribution in [1.29, 1.82) is 0 Å². The van der Waals surface area contributed by atoms with Crippen molar-refractivity contribution in [3.63, 3.8) is 0 Å². The first-order valence-electron chi connectivity index (χ1n) is 23.5. The molecule has 3 rings (SSSR count). The number of cyclic esters (lactones) is 1. The van der Waals surface area contributed by atoms with Crippen LogP contribution < -0.4 is 5.32 Å². The highest BCUT2D eigenvalue weighted by Gasteiger charge is 2.53. The number of ether oxygens (including phenoxy) is 7. The summed E-state index contributed by atoms with van der Waals surface area (Å²) in [6.07, 6.45) is -9.28. The Kier molecular flexibility index (Phi) is 20.6. The monoisotopic (exact) mass is 950 g/mol. The molecule has 4 unspecified atom stereocenters. The zero-order valence-electron chi connectivity index (χ0n) is 42.7. The lowest BCUT2D eigenvalue weighted by Gasteiger charge is -2.49. The van der Waals surface area contributed by atoms with Crippen LogP contribution in [-0.2, 0) is 47.5 Å². The molecule has 0 radical (unpaired) electrons. The molecule has 65 heavy (non-hydrogen) atoms. The SMILES string of the molecule is CC[C@H]1OC(=O)[C@H](C)[C@@H](O[C@H]2C[C@@](C)(OC)[C@@H](O)[C@H](C)O2)[C@H](C)[C@@H](OC2OC(C)CC(N(C)C)C2OC(=O)[C@H](CSC(C)(C)C)NC(C)=O)[C@](C)(O)C[C@@H](C)CN(C)[C@H](C)[C@@H](O)[C@]1(C)O. The second kappa shape index (κ2) is 23.3. The van der Waals surface area contributed by atoms with E-state index >= 15 is 0 Å². The summed E-state index contributed by atoms with van der Waals surface area (Å²) in [5, 5.41) is 50.3. The fourth-order valence-electron chi connectivity index (χ4n) is 9.81. The van der Waals surface area contributed by atoms with Crippen LogP contribution in [-0.4, -0.2) is 190 Å². The first kappa shape index (κ1) is 57.6. The number of carbonyl (C=O) groups is 3. The molecule has 1 amide bonds. The highest BCUT2D eigenvalue weighted by molar-refractivity contribution is 8.00. The topological polar surface area (TPSA) is 215 Å². The molecule has 0 aromatic rings. The molecule has 18 heteroatoms. The van der Waals surface area contributed by atoms with Crippen LogP contribution in [0.15, 0.2) is 0 Å². The van der Waals surface area contributed by atoms with Gasteiger partial charge in [0.1, 0.15) is 30.0 Å². The van der Waals surface area contributed by atoms with Crippen molar-refractivity contribution in [2.75, 3.05) is 40.6 Å². The van der Waals surface area contributed by atoms with Crippen LogP contribution in [0.1, 0.15) is 123 Å². The number of likely N-dealkylation sites (N-methyl/N-ethyl adjacent to an activating group) is 2. The standard InChI is InChI=1S/C47H87N3O14S/c1-19-34-47(14,57)38(52)29(6)50(17)23-25(2)21-45(12,56)40(27(4)36(28(5)41(54)61-34)62-35-22-46(13,58-18)39(53)30(7)60-35)64-43-37(33(49(15)16)20-26(3)59-43)63-42(55)32(48-31(8)51)24-65-44(9,10)11/h25-30,32-40,43,52-53,56-57H,19-24H2,1-18H3,(H,48,51)/t25-,26?,27+,28-,29-,30+,32+,33?,34-,35+,36+,37?,38-,39+,40-,43?,45-,46-,47-/m1/s1. The summed E-state index contributed by atoms with van der Waals surface area (Å²) in [4.78, 5) is 44.9. The van der Waals surface area contributed by atoms with Crippen molar-refractivity contribution in [3.05, 3.63) is 0 Å². The molecule has 19 atom stereocenters. The van der Waals surface area contributed by atoms with Crippen LogP contribution in [0.4, 0.5) is 0 Å². The van der Waals surface area contributed by atoms with E-state index in [0.29, 0.717) is 13.0 Å². The van der Waals surface area contributed by atoms with Gasteiger partial charge in [0.25, 0.3) is 0 Å². The van der Waals surface area contributed by atoms with Crippen LogP contribution in [0.3, 0.4) is 0 Å². The van der Waals surface area contributed by atoms with Crippen LogP contribution in [0.25, 0.3) is 0 Å². The Morgan fingerprint density at radius 1 is 0.985 bits per heavy atom. The summed E-state index contributed by atoms with van der Waals surface area (Å²) in [7, 11) is 7.06. The van der Waals surface area contributed by atoms with Gasteiger partial charge in [-0.3, -0.25) is 9.59 Å². The number of nitrogens with zero attached hydrogens (tertiary/aromatic N) is 2. The molecule has 0 aliphatic carbocycles. The summed E-state index contributed by atoms with van der Waals surface area (Å²) < 4.78 is 44.8. The minimum Gasteiger partial charge on any atom is -0.459 e. The lowest BCUT2D eigenvalue weighted by Crippen LogP contribution is -2.61. The highest BCUT2D eigenvalue weighted by Crippen LogP contribution is 2.41. The fraction of sp³-hybridized carbons (Fsp3) is 0.936. The molecule has 5 N–H and O–H groups in total. The Bertz CT molecular complexity index is 1550. The summed E-state index contributed by atoms with van der Waals surface area (Å²) in [6, 6.07) is -1.99. The minimum atomic E-state index is -1.85. The van der Waals surface area contributed by atoms with Gasteiger partial charge in [-0.1, -0.05) is 41.5 Å². The molecule has 3 fully saturated rings. The van der Waals surface area contributed by atoms with Gasteiger partial charge in [-0.05, 0) is 94.8 Å². The fourth-order valence-corrected chi connectivity index (χ4v) is 10.7. The van der Waals surface area contributed by atoms with Gasteiger partial charge in [0.2, 0.25) is 5.91 Å². The second-order valence-electron chi connectivity index (χ2n) is 21.3. The van der Waals surface area contributed by atoms with Crippen molar-refractivity contribution in [3.8, 4) is 0 Å². The van der Waals surface area contributed by atoms with Gasteiger partial charge >= 0.3 is 11.9 Å². The zero-order valence-corrected chi connectivity index (χ0v) is 43.5. The summed E-state index contributed by atoms with van der Waals surface area (Å²) >= 11 is 1.51. The molecule has 3 heterocycles. The molecule has 0 bridgehead atoms. The van der Waals surface area contributed by atoms with E-state index in [1.807, 2.05) is 65.6 Å². The smallest absolute Gasteiger partial charge is 0.330 e. The Morgan fingerprint density at radius 3 is 2.14 bits per heavy atom. The number of nitrogens with one attached hydrogen (secondary N) is 1. The van der Waals surface area contributed by atoms with E-state index in [2.05, 4.69) is 5.32 Å². The van der Waals surface area contributed by atoms with E-state index in [1.165, 1.54) is 32.7 Å². The van der Waals surface area contributed by atoms with Gasteiger partial charge in [-0.15, -0.1) is 0 Å². The predicted molar refractivity (Wildman–Crippen MR) is 248 cm³/mol. The first-order valence-corrected chi connectivity index (χ1v) is 24.4. The van der Waals surface area contributed by atoms with E-state index in [-0.39, 0.29) is 47.7 Å².